The van der Waals surface area contributed by atoms with Gasteiger partial charge in [0.2, 0.25) is 0 Å². The molecule has 7 heteroatoms. The van der Waals surface area contributed by atoms with Gasteiger partial charge in [0.15, 0.2) is 0 Å². The van der Waals surface area contributed by atoms with Crippen molar-refractivity contribution in [2.75, 3.05) is 44.8 Å². The van der Waals surface area contributed by atoms with Crippen LogP contribution < -0.4 is 10.2 Å². The van der Waals surface area contributed by atoms with Crippen molar-refractivity contribution >= 4 is 17.6 Å². The molecule has 1 aromatic carbocycles. The Morgan fingerprint density at radius 2 is 1.83 bits per heavy atom. The normalized spacial score (nSPS) is 18.1. The minimum atomic E-state index is -1.26. The van der Waals surface area contributed by atoms with Crippen LogP contribution in [0.25, 0.3) is 0 Å². The van der Waals surface area contributed by atoms with E-state index in [9.17, 15) is 9.59 Å². The standard InChI is InChI=1S/C19H28N2O.C4H4O4/c1-22-12-11-21-10-2-3-16-13-15-6-8-20-9-7-17(15)18(19(16)21)14-4-5-14;5-3(6)1-2-4(7)8/h13-14,20H,2-12H2,1H3;1-2H,(H,5,6)(H,7,8)/b;2-1+. The zero-order chi connectivity index (χ0) is 21.5. The molecule has 164 valence electrons. The van der Waals surface area contributed by atoms with Crippen LogP contribution in [-0.2, 0) is 33.6 Å². The summed E-state index contributed by atoms with van der Waals surface area (Å²) >= 11 is 0. The molecular weight excluding hydrogens is 384 g/mol. The van der Waals surface area contributed by atoms with Gasteiger partial charge in [-0.05, 0) is 79.8 Å². The predicted octanol–water partition coefficient (Wildman–Crippen LogP) is 2.36. The van der Waals surface area contributed by atoms with Gasteiger partial charge in [0.25, 0.3) is 0 Å². The number of methoxy groups -OCH3 is 1. The Balaban J connectivity index is 0.000000275. The lowest BCUT2D eigenvalue weighted by Gasteiger charge is -2.35. The fourth-order valence-electron chi connectivity index (χ4n) is 4.45. The SMILES string of the molecule is COCCN1CCCc2cc3c(c(C4CC4)c21)CCNCC3.O=C(O)/C=C/C(=O)O. The summed E-state index contributed by atoms with van der Waals surface area (Å²) in [5, 5.41) is 19.2. The maximum atomic E-state index is 9.55. The van der Waals surface area contributed by atoms with Crippen LogP contribution in [0, 0.1) is 0 Å². The molecule has 1 fully saturated rings. The zero-order valence-electron chi connectivity index (χ0n) is 17.7. The van der Waals surface area contributed by atoms with E-state index in [1.54, 1.807) is 27.9 Å². The molecule has 2 aliphatic heterocycles. The lowest BCUT2D eigenvalue weighted by Crippen LogP contribution is -2.34. The van der Waals surface area contributed by atoms with Crippen molar-refractivity contribution in [3.8, 4) is 0 Å². The van der Waals surface area contributed by atoms with Gasteiger partial charge in [0.1, 0.15) is 0 Å². The molecule has 0 saturated heterocycles. The number of hydrogen-bond donors (Lipinski definition) is 3. The van der Waals surface area contributed by atoms with E-state index in [2.05, 4.69) is 16.3 Å². The number of anilines is 1. The van der Waals surface area contributed by atoms with Crippen molar-refractivity contribution in [3.63, 3.8) is 0 Å². The van der Waals surface area contributed by atoms with Crippen LogP contribution >= 0.6 is 0 Å². The molecule has 1 aliphatic carbocycles. The average Bonchev–Trinajstić information content (AvgIpc) is 3.56. The van der Waals surface area contributed by atoms with Crippen LogP contribution in [0.5, 0.6) is 0 Å². The van der Waals surface area contributed by atoms with E-state index in [0.29, 0.717) is 12.2 Å². The first kappa shape index (κ1) is 22.3. The molecule has 3 N–H and O–H groups in total. The quantitative estimate of drug-likeness (QED) is 0.612. The number of nitrogens with zero attached hydrogens (tertiary/aromatic N) is 1. The Morgan fingerprint density at radius 3 is 2.47 bits per heavy atom. The summed E-state index contributed by atoms with van der Waals surface area (Å²) in [4.78, 5) is 21.7. The van der Waals surface area contributed by atoms with Crippen molar-refractivity contribution in [1.82, 2.24) is 5.32 Å². The van der Waals surface area contributed by atoms with E-state index in [-0.39, 0.29) is 0 Å². The van der Waals surface area contributed by atoms with Gasteiger partial charge in [-0.1, -0.05) is 6.07 Å². The molecular formula is C23H32N2O5. The first-order chi connectivity index (χ1) is 14.5. The van der Waals surface area contributed by atoms with Gasteiger partial charge >= 0.3 is 11.9 Å². The summed E-state index contributed by atoms with van der Waals surface area (Å²) < 4.78 is 5.36. The van der Waals surface area contributed by atoms with Gasteiger partial charge in [0, 0.05) is 38.0 Å². The molecule has 3 aliphatic rings. The number of aliphatic carboxylic acids is 2. The number of carbonyl (C=O) groups is 2. The van der Waals surface area contributed by atoms with Gasteiger partial charge in [-0.15, -0.1) is 0 Å². The third-order valence-corrected chi connectivity index (χ3v) is 5.85. The van der Waals surface area contributed by atoms with Crippen LogP contribution in [0.15, 0.2) is 18.2 Å². The molecule has 0 atom stereocenters. The number of carboxylic acid groups (broad SMARTS) is 2. The second kappa shape index (κ2) is 10.6. The number of aryl methyl sites for hydroxylation is 1. The molecule has 1 aromatic rings. The predicted molar refractivity (Wildman–Crippen MR) is 116 cm³/mol. The third kappa shape index (κ3) is 5.83. The zero-order valence-corrected chi connectivity index (χ0v) is 17.7. The second-order valence-electron chi connectivity index (χ2n) is 8.05. The van der Waals surface area contributed by atoms with Crippen molar-refractivity contribution in [2.24, 2.45) is 0 Å². The summed E-state index contributed by atoms with van der Waals surface area (Å²) in [6.45, 7) is 5.36. The fraction of sp³-hybridized carbons (Fsp3) is 0.565. The summed E-state index contributed by atoms with van der Waals surface area (Å²) in [6, 6.07) is 2.54. The minimum Gasteiger partial charge on any atom is -0.478 e. The number of fused-ring (bicyclic) bond motifs is 2. The highest BCUT2D eigenvalue weighted by Gasteiger charge is 2.34. The Bertz CT molecular complexity index is 785. The highest BCUT2D eigenvalue weighted by Crippen LogP contribution is 2.49. The summed E-state index contributed by atoms with van der Waals surface area (Å²) in [6.07, 6.45) is 8.89. The Labute approximate surface area is 177 Å². The monoisotopic (exact) mass is 416 g/mol. The highest BCUT2D eigenvalue weighted by atomic mass is 16.5. The van der Waals surface area contributed by atoms with E-state index in [0.717, 1.165) is 32.2 Å². The number of nitrogens with one attached hydrogen (secondary N) is 1. The molecule has 0 spiro atoms. The van der Waals surface area contributed by atoms with Gasteiger partial charge in [-0.2, -0.15) is 0 Å². The van der Waals surface area contributed by atoms with Crippen LogP contribution in [0.3, 0.4) is 0 Å². The van der Waals surface area contributed by atoms with Gasteiger partial charge in [0.05, 0.1) is 6.61 Å². The van der Waals surface area contributed by atoms with E-state index >= 15 is 0 Å². The van der Waals surface area contributed by atoms with Gasteiger partial charge in [-0.3, -0.25) is 0 Å². The molecule has 0 unspecified atom stereocenters. The van der Waals surface area contributed by atoms with E-state index < -0.39 is 11.9 Å². The molecule has 30 heavy (non-hydrogen) atoms. The first-order valence-electron chi connectivity index (χ1n) is 10.8. The minimum absolute atomic E-state index is 0.558. The van der Waals surface area contributed by atoms with Crippen molar-refractivity contribution < 1.29 is 24.5 Å². The molecule has 4 rings (SSSR count). The Morgan fingerprint density at radius 1 is 1.13 bits per heavy atom. The van der Waals surface area contributed by atoms with E-state index in [4.69, 9.17) is 14.9 Å². The summed E-state index contributed by atoms with van der Waals surface area (Å²) in [5.41, 5.74) is 8.28. The molecule has 0 radical (unpaired) electrons. The van der Waals surface area contributed by atoms with Gasteiger partial charge in [-0.25, -0.2) is 9.59 Å². The maximum Gasteiger partial charge on any atom is 0.328 e. The highest BCUT2D eigenvalue weighted by molar-refractivity contribution is 5.89. The van der Waals surface area contributed by atoms with Crippen LogP contribution in [-0.4, -0.2) is 62.0 Å². The number of hydrogen-bond acceptors (Lipinski definition) is 5. The molecule has 0 amide bonds. The summed E-state index contributed by atoms with van der Waals surface area (Å²) in [7, 11) is 1.81. The second-order valence-corrected chi connectivity index (χ2v) is 8.05. The number of benzene rings is 1. The first-order valence-corrected chi connectivity index (χ1v) is 10.8. The largest absolute Gasteiger partial charge is 0.478 e. The molecule has 0 aromatic heterocycles. The fourth-order valence-corrected chi connectivity index (χ4v) is 4.45. The van der Waals surface area contributed by atoms with Crippen LogP contribution in [0.1, 0.15) is 47.4 Å². The molecule has 2 heterocycles. The third-order valence-electron chi connectivity index (χ3n) is 5.85. The molecule has 7 nitrogen and oxygen atoms in total. The lowest BCUT2D eigenvalue weighted by molar-refractivity contribution is -0.134. The number of rotatable bonds is 6. The molecule has 1 saturated carbocycles. The smallest absolute Gasteiger partial charge is 0.328 e. The average molecular weight is 417 g/mol. The van der Waals surface area contributed by atoms with Crippen LogP contribution in [0.4, 0.5) is 5.69 Å². The summed E-state index contributed by atoms with van der Waals surface area (Å²) in [5.74, 6) is -1.68. The Kier molecular flexibility index (Phi) is 7.87. The Hall–Kier alpha value is -2.38. The van der Waals surface area contributed by atoms with Crippen LogP contribution in [0.2, 0.25) is 0 Å². The van der Waals surface area contributed by atoms with Crippen molar-refractivity contribution in [1.29, 1.82) is 0 Å². The van der Waals surface area contributed by atoms with E-state index in [1.807, 2.05) is 7.11 Å². The van der Waals surface area contributed by atoms with E-state index in [1.165, 1.54) is 45.1 Å². The maximum absolute atomic E-state index is 9.55. The molecule has 0 bridgehead atoms. The van der Waals surface area contributed by atoms with Crippen molar-refractivity contribution in [2.45, 2.75) is 44.4 Å². The van der Waals surface area contributed by atoms with Gasteiger partial charge < -0.3 is 25.2 Å². The lowest BCUT2D eigenvalue weighted by atomic mass is 9.86. The number of ether oxygens (including phenoxy) is 1. The number of carboxylic acids is 2. The van der Waals surface area contributed by atoms with Crippen molar-refractivity contribution in [3.05, 3.63) is 40.5 Å². The topological polar surface area (TPSA) is 99.1 Å².